The van der Waals surface area contributed by atoms with Crippen molar-refractivity contribution in [2.75, 3.05) is 25.0 Å². The minimum Gasteiger partial charge on any atom is -0.319 e. The van der Waals surface area contributed by atoms with Crippen LogP contribution < -0.4 is 5.32 Å². The molecule has 1 aromatic heterocycles. The number of aromatic nitrogens is 1. The van der Waals surface area contributed by atoms with E-state index in [4.69, 9.17) is 5.26 Å². The molecular weight excluding hydrogens is 326 g/mol. The fourth-order valence-corrected chi connectivity index (χ4v) is 3.99. The molecule has 2 amide bonds. The number of likely N-dealkylation sites (tertiary alicyclic amines) is 2. The topological polar surface area (TPSA) is 72.3 Å². The molecule has 2 saturated heterocycles. The van der Waals surface area contributed by atoms with E-state index in [1.807, 2.05) is 48.2 Å². The molecule has 4 rings (SSSR count). The Morgan fingerprint density at radius 1 is 1.27 bits per heavy atom. The Balaban J connectivity index is 1.49. The molecule has 3 heterocycles. The van der Waals surface area contributed by atoms with Gasteiger partial charge < -0.3 is 15.1 Å². The van der Waals surface area contributed by atoms with Gasteiger partial charge in [-0.1, -0.05) is 12.1 Å². The van der Waals surface area contributed by atoms with E-state index < -0.39 is 0 Å². The number of carbonyl (C=O) groups excluding carboxylic acids is 1. The molecule has 1 aromatic carbocycles. The Hall–Kier alpha value is -3.07. The van der Waals surface area contributed by atoms with Gasteiger partial charge in [-0.25, -0.2) is 4.79 Å². The average Bonchev–Trinajstić information content (AvgIpc) is 3.22. The highest BCUT2D eigenvalue weighted by atomic mass is 16.2. The Kier molecular flexibility index (Phi) is 4.21. The van der Waals surface area contributed by atoms with Gasteiger partial charge >= 0.3 is 6.03 Å². The quantitative estimate of drug-likeness (QED) is 0.848. The monoisotopic (exact) mass is 347 g/mol. The maximum absolute atomic E-state index is 12.8. The van der Waals surface area contributed by atoms with Gasteiger partial charge in [-0.3, -0.25) is 4.98 Å². The minimum absolute atomic E-state index is 0.0830. The van der Waals surface area contributed by atoms with Crippen molar-refractivity contribution < 1.29 is 4.79 Å². The second-order valence-electron chi connectivity index (χ2n) is 7.01. The molecule has 2 aromatic rings. The van der Waals surface area contributed by atoms with Gasteiger partial charge in [0.2, 0.25) is 0 Å². The molecule has 2 aliphatic heterocycles. The molecule has 0 aliphatic carbocycles. The highest BCUT2D eigenvalue weighted by molar-refractivity contribution is 5.90. The molecular formula is C20H21N5O. The van der Waals surface area contributed by atoms with Crippen molar-refractivity contribution in [1.82, 2.24) is 14.8 Å². The predicted octanol–water partition coefficient (Wildman–Crippen LogP) is 3.08. The van der Waals surface area contributed by atoms with Gasteiger partial charge in [0.25, 0.3) is 0 Å². The number of hydrogen-bond acceptors (Lipinski definition) is 4. The van der Waals surface area contributed by atoms with Crippen LogP contribution in [0.3, 0.4) is 0 Å². The lowest BCUT2D eigenvalue weighted by Crippen LogP contribution is -2.41. The lowest BCUT2D eigenvalue weighted by molar-refractivity contribution is 0.204. The summed E-state index contributed by atoms with van der Waals surface area (Å²) in [5, 5.41) is 12.1. The van der Waals surface area contributed by atoms with Crippen LogP contribution in [0.15, 0.2) is 42.6 Å². The number of amides is 2. The third-order valence-electron chi connectivity index (χ3n) is 5.29. The van der Waals surface area contributed by atoms with Gasteiger partial charge in [-0.05, 0) is 48.7 Å². The zero-order chi connectivity index (χ0) is 18.1. The van der Waals surface area contributed by atoms with Crippen molar-refractivity contribution in [1.29, 1.82) is 5.26 Å². The molecule has 2 fully saturated rings. The molecule has 0 bridgehead atoms. The van der Waals surface area contributed by atoms with E-state index in [9.17, 15) is 4.79 Å². The first-order valence-electron chi connectivity index (χ1n) is 8.89. The second-order valence-corrected chi connectivity index (χ2v) is 7.01. The highest BCUT2D eigenvalue weighted by Gasteiger charge is 2.43. The van der Waals surface area contributed by atoms with Gasteiger partial charge in [0.15, 0.2) is 6.19 Å². The molecule has 1 N–H and O–H groups in total. The SMILES string of the molecule is Cc1cc(-c2cccc(NC(=O)N3CCC4CN(C#N)C[C@@H]43)c2)ccn1. The van der Waals surface area contributed by atoms with Gasteiger partial charge in [0.05, 0.1) is 6.04 Å². The van der Waals surface area contributed by atoms with Crippen LogP contribution in [0.1, 0.15) is 12.1 Å². The molecule has 0 radical (unpaired) electrons. The van der Waals surface area contributed by atoms with Crippen molar-refractivity contribution >= 4 is 11.7 Å². The number of urea groups is 1. The Bertz CT molecular complexity index is 875. The smallest absolute Gasteiger partial charge is 0.319 e. The average molecular weight is 347 g/mol. The normalized spacial score (nSPS) is 21.4. The molecule has 26 heavy (non-hydrogen) atoms. The minimum atomic E-state index is -0.0830. The van der Waals surface area contributed by atoms with Crippen LogP contribution in [0.25, 0.3) is 11.1 Å². The van der Waals surface area contributed by atoms with Gasteiger partial charge in [0.1, 0.15) is 0 Å². The Labute approximate surface area is 153 Å². The van der Waals surface area contributed by atoms with E-state index in [1.165, 1.54) is 0 Å². The van der Waals surface area contributed by atoms with Crippen LogP contribution in [0.5, 0.6) is 0 Å². The largest absolute Gasteiger partial charge is 0.322 e. The van der Waals surface area contributed by atoms with Crippen LogP contribution in [0, 0.1) is 24.3 Å². The molecule has 2 atom stereocenters. The predicted molar refractivity (Wildman–Crippen MR) is 99.2 cm³/mol. The first-order chi connectivity index (χ1) is 12.6. The zero-order valence-corrected chi connectivity index (χ0v) is 14.7. The fourth-order valence-electron chi connectivity index (χ4n) is 3.99. The van der Waals surface area contributed by atoms with E-state index in [-0.39, 0.29) is 12.1 Å². The van der Waals surface area contributed by atoms with Crippen molar-refractivity contribution in [3.63, 3.8) is 0 Å². The summed E-state index contributed by atoms with van der Waals surface area (Å²) in [6.07, 6.45) is 4.96. The maximum atomic E-state index is 12.8. The molecule has 0 saturated carbocycles. The number of aryl methyl sites for hydroxylation is 1. The van der Waals surface area contributed by atoms with Crippen molar-refractivity contribution in [3.05, 3.63) is 48.3 Å². The van der Waals surface area contributed by atoms with Crippen molar-refractivity contribution in [3.8, 4) is 17.3 Å². The number of nitrogens with one attached hydrogen (secondary N) is 1. The Morgan fingerprint density at radius 2 is 2.12 bits per heavy atom. The molecule has 1 unspecified atom stereocenters. The van der Waals surface area contributed by atoms with E-state index >= 15 is 0 Å². The third-order valence-corrected chi connectivity index (χ3v) is 5.29. The second kappa shape index (κ2) is 6.68. The summed E-state index contributed by atoms with van der Waals surface area (Å²) in [5.74, 6) is 0.409. The van der Waals surface area contributed by atoms with E-state index in [0.717, 1.165) is 42.0 Å². The lowest BCUT2D eigenvalue weighted by Gasteiger charge is -2.24. The number of pyridine rings is 1. The van der Waals surface area contributed by atoms with Gasteiger partial charge in [-0.15, -0.1) is 0 Å². The number of anilines is 1. The van der Waals surface area contributed by atoms with Crippen LogP contribution in [-0.4, -0.2) is 46.5 Å². The number of nitriles is 1. The number of carbonyl (C=O) groups is 1. The number of benzene rings is 1. The van der Waals surface area contributed by atoms with Gasteiger partial charge in [0, 0.05) is 43.1 Å². The number of fused-ring (bicyclic) bond motifs is 1. The first kappa shape index (κ1) is 16.4. The summed E-state index contributed by atoms with van der Waals surface area (Å²) >= 11 is 0. The molecule has 132 valence electrons. The number of rotatable bonds is 2. The van der Waals surface area contributed by atoms with Crippen LogP contribution in [-0.2, 0) is 0 Å². The number of nitrogens with zero attached hydrogens (tertiary/aromatic N) is 4. The van der Waals surface area contributed by atoms with Gasteiger partial charge in [-0.2, -0.15) is 5.26 Å². The zero-order valence-electron chi connectivity index (χ0n) is 14.7. The summed E-state index contributed by atoms with van der Waals surface area (Å²) in [7, 11) is 0. The van der Waals surface area contributed by atoms with Crippen LogP contribution >= 0.6 is 0 Å². The fraction of sp³-hybridized carbons (Fsp3) is 0.350. The molecule has 0 spiro atoms. The number of hydrogen-bond donors (Lipinski definition) is 1. The van der Waals surface area contributed by atoms with E-state index in [1.54, 1.807) is 11.1 Å². The molecule has 6 heteroatoms. The van der Waals surface area contributed by atoms with Crippen molar-refractivity contribution in [2.45, 2.75) is 19.4 Å². The lowest BCUT2D eigenvalue weighted by atomic mass is 10.1. The van der Waals surface area contributed by atoms with Crippen LogP contribution in [0.4, 0.5) is 10.5 Å². The van der Waals surface area contributed by atoms with Crippen LogP contribution in [0.2, 0.25) is 0 Å². The summed E-state index contributed by atoms with van der Waals surface area (Å²) in [4.78, 5) is 20.6. The molecule has 2 aliphatic rings. The highest BCUT2D eigenvalue weighted by Crippen LogP contribution is 2.31. The molecule has 6 nitrogen and oxygen atoms in total. The summed E-state index contributed by atoms with van der Waals surface area (Å²) in [6.45, 7) is 4.13. The standard InChI is InChI=1S/C20H21N5O/c1-14-9-16(5-7-22-14)15-3-2-4-18(10-15)23-20(26)25-8-6-17-11-24(13-21)12-19(17)25/h2-5,7,9-10,17,19H,6,8,11-12H2,1H3,(H,23,26)/t17?,19-/m0/s1. The third kappa shape index (κ3) is 3.08. The summed E-state index contributed by atoms with van der Waals surface area (Å²) in [5.41, 5.74) is 3.86. The van der Waals surface area contributed by atoms with E-state index in [0.29, 0.717) is 12.5 Å². The first-order valence-corrected chi connectivity index (χ1v) is 8.89. The summed E-state index contributed by atoms with van der Waals surface area (Å²) < 4.78 is 0. The van der Waals surface area contributed by atoms with E-state index in [2.05, 4.69) is 16.5 Å². The maximum Gasteiger partial charge on any atom is 0.322 e. The Morgan fingerprint density at radius 3 is 2.92 bits per heavy atom. The summed E-state index contributed by atoms with van der Waals surface area (Å²) in [6, 6.07) is 11.9. The van der Waals surface area contributed by atoms with Crippen molar-refractivity contribution in [2.24, 2.45) is 5.92 Å².